The lowest BCUT2D eigenvalue weighted by Crippen LogP contribution is -2.37. The highest BCUT2D eigenvalue weighted by Gasteiger charge is 2.27. The van der Waals surface area contributed by atoms with E-state index in [0.717, 1.165) is 28.8 Å². The number of carbonyl (C=O) groups excluding carboxylic acids is 2. The lowest BCUT2D eigenvalue weighted by Gasteiger charge is -2.33. The summed E-state index contributed by atoms with van der Waals surface area (Å²) in [6.45, 7) is 5.05. The molecule has 14 heteroatoms. The summed E-state index contributed by atoms with van der Waals surface area (Å²) in [5.41, 5.74) is 11.7. The summed E-state index contributed by atoms with van der Waals surface area (Å²) in [4.78, 5) is 40.1. The first kappa shape index (κ1) is 40.5. The van der Waals surface area contributed by atoms with Crippen LogP contribution in [0.2, 0.25) is 0 Å². The number of phenols is 2. The molecular formula is C43H47N5O9. The number of nitrogens with one attached hydrogen (secondary N) is 1. The first-order chi connectivity index (χ1) is 27.7. The number of hydrogen-bond acceptors (Lipinski definition) is 12. The molecule has 4 aromatic carbocycles. The number of phenolic OH excluding ortho intramolecular Hbond substituents is 2. The van der Waals surface area contributed by atoms with Gasteiger partial charge in [-0.25, -0.2) is 5.84 Å². The SMILES string of the molecule is CCCC(=O)N1Cc2ccccc2/C(N(N)CCOCCOCCOCCNC(=O)c2ccc(-c3cc(=O)c4ccc(O)c(O)c4o3)cc2)=C(/N)c2ccccc21. The molecule has 0 atom stereocenters. The van der Waals surface area contributed by atoms with Crippen LogP contribution in [0.25, 0.3) is 33.7 Å². The molecule has 1 aliphatic heterocycles. The predicted molar refractivity (Wildman–Crippen MR) is 217 cm³/mol. The topological polar surface area (TPSA) is 203 Å². The third kappa shape index (κ3) is 9.62. The minimum atomic E-state index is -0.516. The van der Waals surface area contributed by atoms with E-state index in [4.69, 9.17) is 30.2 Å². The highest BCUT2D eigenvalue weighted by molar-refractivity contribution is 6.01. The molecule has 0 fully saturated rings. The van der Waals surface area contributed by atoms with E-state index < -0.39 is 11.5 Å². The maximum atomic E-state index is 13.2. The molecule has 6 rings (SSSR count). The van der Waals surface area contributed by atoms with Crippen LogP contribution in [0.15, 0.2) is 100 Å². The van der Waals surface area contributed by atoms with E-state index in [1.54, 1.807) is 34.2 Å². The lowest BCUT2D eigenvalue weighted by molar-refractivity contribution is -0.118. The number of rotatable bonds is 17. The van der Waals surface area contributed by atoms with Crippen molar-refractivity contribution in [1.29, 1.82) is 0 Å². The van der Waals surface area contributed by atoms with Crippen molar-refractivity contribution in [2.24, 2.45) is 11.6 Å². The number of hydrazine groups is 1. The van der Waals surface area contributed by atoms with E-state index in [1.807, 2.05) is 55.5 Å². The van der Waals surface area contributed by atoms with Crippen molar-refractivity contribution in [2.45, 2.75) is 26.3 Å². The summed E-state index contributed by atoms with van der Waals surface area (Å²) in [7, 11) is 0. The van der Waals surface area contributed by atoms with Crippen LogP contribution in [-0.2, 0) is 25.5 Å². The van der Waals surface area contributed by atoms with Gasteiger partial charge in [-0.3, -0.25) is 14.4 Å². The standard InChI is InChI=1S/C43H47N5O9/c1-2-7-38(51)47-27-30-8-3-4-9-31(30)40(39(44)32-10-5-6-11-34(32)47)48(45)19-21-55-23-25-56-24-22-54-20-18-46-43(53)29-14-12-28(13-15-29)37-26-36(50)33-16-17-35(49)41(52)42(33)57-37/h3-6,8-17,26,49,52H,2,7,18-25,27,44-45H2,1H3,(H,46,53)/b40-39-. The number of fused-ring (bicyclic) bond motifs is 3. The smallest absolute Gasteiger partial charge is 0.251 e. The van der Waals surface area contributed by atoms with Crippen LogP contribution in [0.5, 0.6) is 11.5 Å². The summed E-state index contributed by atoms with van der Waals surface area (Å²) < 4.78 is 22.7. The number of amides is 2. The Kier molecular flexibility index (Phi) is 13.6. The minimum absolute atomic E-state index is 0.0401. The number of benzene rings is 4. The summed E-state index contributed by atoms with van der Waals surface area (Å²) in [5.74, 6) is 5.64. The molecule has 7 N–H and O–H groups in total. The monoisotopic (exact) mass is 777 g/mol. The molecule has 0 saturated carbocycles. The molecule has 0 aliphatic carbocycles. The fraction of sp³-hybridized carbons (Fsp3) is 0.279. The number of aromatic hydroxyl groups is 2. The minimum Gasteiger partial charge on any atom is -0.504 e. The van der Waals surface area contributed by atoms with Crippen LogP contribution in [0.4, 0.5) is 5.69 Å². The molecule has 298 valence electrons. The predicted octanol–water partition coefficient (Wildman–Crippen LogP) is 4.96. The second-order valence-electron chi connectivity index (χ2n) is 13.3. The number of anilines is 1. The Hall–Kier alpha value is -6.19. The third-order valence-corrected chi connectivity index (χ3v) is 9.43. The van der Waals surface area contributed by atoms with Gasteiger partial charge in [0.25, 0.3) is 5.91 Å². The van der Waals surface area contributed by atoms with Crippen molar-refractivity contribution < 1.29 is 38.4 Å². The Balaban J connectivity index is 0.892. The Morgan fingerprint density at radius 2 is 1.53 bits per heavy atom. The summed E-state index contributed by atoms with van der Waals surface area (Å²) in [6, 6.07) is 25.8. The molecule has 0 saturated heterocycles. The van der Waals surface area contributed by atoms with Gasteiger partial charge in [0, 0.05) is 41.3 Å². The number of nitrogens with zero attached hydrogens (tertiary/aromatic N) is 2. The molecule has 5 aromatic rings. The summed E-state index contributed by atoms with van der Waals surface area (Å²) >= 11 is 0. The van der Waals surface area contributed by atoms with E-state index >= 15 is 0 Å². The number of ether oxygens (including phenoxy) is 3. The molecule has 14 nitrogen and oxygen atoms in total. The van der Waals surface area contributed by atoms with Gasteiger partial charge in [0.15, 0.2) is 16.8 Å². The van der Waals surface area contributed by atoms with E-state index in [-0.39, 0.29) is 47.1 Å². The molecule has 1 aliphatic rings. The number of para-hydroxylation sites is 1. The van der Waals surface area contributed by atoms with Crippen molar-refractivity contribution in [3.8, 4) is 22.8 Å². The Morgan fingerprint density at radius 3 is 2.26 bits per heavy atom. The number of carbonyl (C=O) groups is 2. The van der Waals surface area contributed by atoms with E-state index in [1.165, 1.54) is 18.2 Å². The fourth-order valence-corrected chi connectivity index (χ4v) is 6.51. The van der Waals surface area contributed by atoms with E-state index in [0.29, 0.717) is 75.1 Å². The zero-order valence-electron chi connectivity index (χ0n) is 31.7. The van der Waals surface area contributed by atoms with Crippen molar-refractivity contribution >= 4 is 39.9 Å². The van der Waals surface area contributed by atoms with Gasteiger partial charge in [-0.05, 0) is 42.3 Å². The molecule has 57 heavy (non-hydrogen) atoms. The number of nitrogens with two attached hydrogens (primary N) is 2. The molecule has 2 amide bonds. The fourth-order valence-electron chi connectivity index (χ4n) is 6.51. The average Bonchev–Trinajstić information content (AvgIpc) is 3.21. The molecule has 0 spiro atoms. The second kappa shape index (κ2) is 19.1. The molecular weight excluding hydrogens is 730 g/mol. The first-order valence-corrected chi connectivity index (χ1v) is 18.8. The van der Waals surface area contributed by atoms with Crippen LogP contribution in [0.3, 0.4) is 0 Å². The Morgan fingerprint density at radius 1 is 0.860 bits per heavy atom. The van der Waals surface area contributed by atoms with E-state index in [2.05, 4.69) is 5.32 Å². The van der Waals surface area contributed by atoms with Gasteiger partial charge in [0.2, 0.25) is 11.7 Å². The molecule has 1 aromatic heterocycles. The third-order valence-electron chi connectivity index (χ3n) is 9.43. The van der Waals surface area contributed by atoms with Crippen molar-refractivity contribution in [1.82, 2.24) is 10.3 Å². The summed E-state index contributed by atoms with van der Waals surface area (Å²) in [5, 5.41) is 24.4. The second-order valence-corrected chi connectivity index (χ2v) is 13.3. The van der Waals surface area contributed by atoms with Gasteiger partial charge in [0.05, 0.1) is 75.2 Å². The Labute approximate surface area is 329 Å². The maximum absolute atomic E-state index is 13.2. The van der Waals surface area contributed by atoms with Crippen LogP contribution in [0.1, 0.15) is 46.8 Å². The van der Waals surface area contributed by atoms with Crippen LogP contribution < -0.4 is 27.2 Å². The highest BCUT2D eigenvalue weighted by Crippen LogP contribution is 2.37. The van der Waals surface area contributed by atoms with Gasteiger partial charge in [-0.2, -0.15) is 0 Å². The maximum Gasteiger partial charge on any atom is 0.251 e. The largest absolute Gasteiger partial charge is 0.504 e. The van der Waals surface area contributed by atoms with Crippen LogP contribution >= 0.6 is 0 Å². The van der Waals surface area contributed by atoms with Gasteiger partial charge >= 0.3 is 0 Å². The van der Waals surface area contributed by atoms with E-state index in [9.17, 15) is 24.6 Å². The molecule has 0 radical (unpaired) electrons. The molecule has 2 heterocycles. The molecule has 0 bridgehead atoms. The quantitative estimate of drug-likeness (QED) is 0.0368. The zero-order valence-corrected chi connectivity index (χ0v) is 31.7. The summed E-state index contributed by atoms with van der Waals surface area (Å²) in [6.07, 6.45) is 1.18. The Bertz CT molecular complexity index is 2290. The van der Waals surface area contributed by atoms with Gasteiger partial charge in [-0.15, -0.1) is 0 Å². The highest BCUT2D eigenvalue weighted by atomic mass is 16.5. The zero-order chi connectivity index (χ0) is 40.3. The average molecular weight is 778 g/mol. The van der Waals surface area contributed by atoms with Crippen molar-refractivity contribution in [3.05, 3.63) is 123 Å². The van der Waals surface area contributed by atoms with Gasteiger partial charge < -0.3 is 49.8 Å². The van der Waals surface area contributed by atoms with Gasteiger partial charge in [-0.1, -0.05) is 61.5 Å². The lowest BCUT2D eigenvalue weighted by atomic mass is 9.95. The number of hydrogen-bond donors (Lipinski definition) is 5. The normalized spacial score (nSPS) is 13.8. The first-order valence-electron chi connectivity index (χ1n) is 18.8. The van der Waals surface area contributed by atoms with Crippen LogP contribution in [0, 0.1) is 0 Å². The molecule has 0 unspecified atom stereocenters. The van der Waals surface area contributed by atoms with Crippen molar-refractivity contribution in [2.75, 3.05) is 57.6 Å². The van der Waals surface area contributed by atoms with Crippen LogP contribution in [-0.4, -0.2) is 79.8 Å². The van der Waals surface area contributed by atoms with Gasteiger partial charge in [0.1, 0.15) is 5.76 Å². The van der Waals surface area contributed by atoms with Crippen molar-refractivity contribution in [3.63, 3.8) is 0 Å².